The first-order valence-corrected chi connectivity index (χ1v) is 9.54. The van der Waals surface area contributed by atoms with E-state index in [4.69, 9.17) is 14.5 Å². The molecule has 1 aliphatic rings. The van der Waals surface area contributed by atoms with Crippen LogP contribution < -0.4 is 9.47 Å². The Morgan fingerprint density at radius 3 is 2.43 bits per heavy atom. The van der Waals surface area contributed by atoms with E-state index in [1.165, 1.54) is 6.42 Å². The molecule has 0 spiro atoms. The Hall–Kier alpha value is -3.09. The highest BCUT2D eigenvalue weighted by atomic mass is 16.5. The van der Waals surface area contributed by atoms with Gasteiger partial charge in [-0.25, -0.2) is 9.50 Å². The first kappa shape index (κ1) is 18.3. The van der Waals surface area contributed by atoms with Crippen molar-refractivity contribution >= 4 is 11.6 Å². The van der Waals surface area contributed by atoms with Crippen LogP contribution in [0, 0.1) is 0 Å². The summed E-state index contributed by atoms with van der Waals surface area (Å²) in [6.45, 7) is 1.65. The molecule has 7 nitrogen and oxygen atoms in total. The Bertz CT molecular complexity index is 975. The monoisotopic (exact) mass is 380 g/mol. The maximum atomic E-state index is 13.0. The van der Waals surface area contributed by atoms with Crippen molar-refractivity contribution < 1.29 is 14.3 Å². The van der Waals surface area contributed by atoms with E-state index < -0.39 is 0 Å². The summed E-state index contributed by atoms with van der Waals surface area (Å²) in [7, 11) is 3.22. The van der Waals surface area contributed by atoms with Gasteiger partial charge in [0.2, 0.25) is 11.8 Å². The van der Waals surface area contributed by atoms with E-state index in [2.05, 4.69) is 5.10 Å². The van der Waals surface area contributed by atoms with Crippen molar-refractivity contribution in [2.24, 2.45) is 0 Å². The lowest BCUT2D eigenvalue weighted by atomic mass is 10.1. The molecule has 146 valence electrons. The van der Waals surface area contributed by atoms with Crippen LogP contribution in [-0.4, -0.2) is 52.7 Å². The minimum atomic E-state index is 0.112. The third-order valence-electron chi connectivity index (χ3n) is 5.15. The van der Waals surface area contributed by atoms with Crippen molar-refractivity contribution in [3.63, 3.8) is 0 Å². The molecule has 0 N–H and O–H groups in total. The number of nitrogens with zero attached hydrogens (tertiary/aromatic N) is 4. The van der Waals surface area contributed by atoms with Crippen LogP contribution in [0.25, 0.3) is 16.9 Å². The molecule has 1 fully saturated rings. The lowest BCUT2D eigenvalue weighted by Gasteiger charge is -2.26. The maximum absolute atomic E-state index is 13.0. The van der Waals surface area contributed by atoms with Gasteiger partial charge in [-0.3, -0.25) is 4.79 Å². The fourth-order valence-corrected chi connectivity index (χ4v) is 3.61. The van der Waals surface area contributed by atoms with Gasteiger partial charge in [0.1, 0.15) is 5.75 Å². The second-order valence-corrected chi connectivity index (χ2v) is 6.90. The van der Waals surface area contributed by atoms with E-state index in [-0.39, 0.29) is 12.3 Å². The number of carbonyl (C=O) groups excluding carboxylic acids is 1. The largest absolute Gasteiger partial charge is 0.497 e. The number of fused-ring (bicyclic) bond motifs is 1. The van der Waals surface area contributed by atoms with Crippen LogP contribution in [0.5, 0.6) is 11.6 Å². The van der Waals surface area contributed by atoms with Crippen molar-refractivity contribution in [2.45, 2.75) is 25.7 Å². The number of aromatic nitrogens is 3. The van der Waals surface area contributed by atoms with E-state index >= 15 is 0 Å². The van der Waals surface area contributed by atoms with Gasteiger partial charge in [0.25, 0.3) is 0 Å². The maximum Gasteiger partial charge on any atom is 0.231 e. The molecule has 0 saturated carbocycles. The lowest BCUT2D eigenvalue weighted by Crippen LogP contribution is -2.36. The van der Waals surface area contributed by atoms with Crippen molar-refractivity contribution in [3.05, 3.63) is 42.1 Å². The van der Waals surface area contributed by atoms with Gasteiger partial charge in [0.05, 0.1) is 32.0 Å². The van der Waals surface area contributed by atoms with Gasteiger partial charge in [-0.05, 0) is 49.6 Å². The van der Waals surface area contributed by atoms with Gasteiger partial charge in [-0.1, -0.05) is 0 Å². The van der Waals surface area contributed by atoms with E-state index in [1.807, 2.05) is 35.2 Å². The molecule has 7 heteroatoms. The number of hydrogen-bond acceptors (Lipinski definition) is 5. The summed E-state index contributed by atoms with van der Waals surface area (Å²) in [6, 6.07) is 11.3. The second-order valence-electron chi connectivity index (χ2n) is 6.90. The molecule has 4 rings (SSSR count). The predicted molar refractivity (Wildman–Crippen MR) is 106 cm³/mol. The van der Waals surface area contributed by atoms with Gasteiger partial charge in [-0.2, -0.15) is 0 Å². The van der Waals surface area contributed by atoms with Crippen molar-refractivity contribution in [3.8, 4) is 22.9 Å². The Labute approximate surface area is 163 Å². The van der Waals surface area contributed by atoms with Crippen molar-refractivity contribution in [2.75, 3.05) is 27.3 Å². The third-order valence-corrected chi connectivity index (χ3v) is 5.15. The first-order valence-electron chi connectivity index (χ1n) is 9.54. The quantitative estimate of drug-likeness (QED) is 0.681. The van der Waals surface area contributed by atoms with Crippen LogP contribution in [0.15, 0.2) is 36.4 Å². The molecule has 0 bridgehead atoms. The minimum Gasteiger partial charge on any atom is -0.497 e. The number of amides is 1. The van der Waals surface area contributed by atoms with Crippen molar-refractivity contribution in [1.82, 2.24) is 19.5 Å². The number of likely N-dealkylation sites (tertiary alicyclic amines) is 1. The summed E-state index contributed by atoms with van der Waals surface area (Å²) in [5.41, 5.74) is 3.14. The van der Waals surface area contributed by atoms with Gasteiger partial charge in [0, 0.05) is 24.7 Å². The summed E-state index contributed by atoms with van der Waals surface area (Å²) >= 11 is 0. The lowest BCUT2D eigenvalue weighted by molar-refractivity contribution is -0.131. The minimum absolute atomic E-state index is 0.112. The number of ether oxygens (including phenoxy) is 2. The van der Waals surface area contributed by atoms with Gasteiger partial charge < -0.3 is 14.4 Å². The summed E-state index contributed by atoms with van der Waals surface area (Å²) in [5, 5.41) is 4.51. The Balaban J connectivity index is 1.76. The van der Waals surface area contributed by atoms with E-state index in [0.29, 0.717) is 11.5 Å². The predicted octanol–water partition coefficient (Wildman–Crippen LogP) is 2.97. The summed E-state index contributed by atoms with van der Waals surface area (Å²) in [4.78, 5) is 19.6. The van der Waals surface area contributed by atoms with Crippen LogP contribution in [0.4, 0.5) is 0 Å². The van der Waals surface area contributed by atoms with Crippen LogP contribution in [-0.2, 0) is 11.2 Å². The standard InChI is InChI=1S/C21H24N4O3/c1-27-16-8-6-15(7-9-16)21-17(14-20(26)24-12-4-3-5-13-24)25-18(22-21)10-11-19(23-25)28-2/h6-11H,3-5,12-14H2,1-2H3. The zero-order valence-corrected chi connectivity index (χ0v) is 16.2. The highest BCUT2D eigenvalue weighted by Crippen LogP contribution is 2.27. The molecule has 1 saturated heterocycles. The molecule has 0 atom stereocenters. The smallest absolute Gasteiger partial charge is 0.231 e. The first-order chi connectivity index (χ1) is 13.7. The molecule has 1 aromatic carbocycles. The number of piperidine rings is 1. The Morgan fingerprint density at radius 1 is 1.00 bits per heavy atom. The molecule has 28 heavy (non-hydrogen) atoms. The van der Waals surface area contributed by atoms with Crippen LogP contribution >= 0.6 is 0 Å². The molecule has 3 aromatic rings. The number of methoxy groups -OCH3 is 2. The van der Waals surface area contributed by atoms with Crippen LogP contribution in [0.1, 0.15) is 25.0 Å². The average Bonchev–Trinajstić information content (AvgIpc) is 3.11. The molecular weight excluding hydrogens is 356 g/mol. The van der Waals surface area contributed by atoms with Gasteiger partial charge in [0.15, 0.2) is 5.65 Å². The number of hydrogen-bond donors (Lipinski definition) is 0. The zero-order valence-electron chi connectivity index (χ0n) is 16.2. The average molecular weight is 380 g/mol. The zero-order chi connectivity index (χ0) is 19.5. The number of carbonyl (C=O) groups is 1. The molecule has 0 unspecified atom stereocenters. The molecule has 2 aromatic heterocycles. The normalized spacial score (nSPS) is 14.3. The van der Waals surface area contributed by atoms with Crippen molar-refractivity contribution in [1.29, 1.82) is 0 Å². The molecule has 1 aliphatic heterocycles. The molecule has 1 amide bonds. The van der Waals surface area contributed by atoms with E-state index in [1.54, 1.807) is 24.8 Å². The Morgan fingerprint density at radius 2 is 1.75 bits per heavy atom. The topological polar surface area (TPSA) is 69.0 Å². The van der Waals surface area contributed by atoms with Gasteiger partial charge in [-0.15, -0.1) is 5.10 Å². The summed E-state index contributed by atoms with van der Waals surface area (Å²) in [5.74, 6) is 1.37. The number of benzene rings is 1. The number of rotatable bonds is 5. The molecule has 0 radical (unpaired) electrons. The molecule has 3 heterocycles. The molecule has 0 aliphatic carbocycles. The van der Waals surface area contributed by atoms with E-state index in [0.717, 1.165) is 48.6 Å². The van der Waals surface area contributed by atoms with E-state index in [9.17, 15) is 4.79 Å². The highest BCUT2D eigenvalue weighted by Gasteiger charge is 2.23. The molecular formula is C21H24N4O3. The fraction of sp³-hybridized carbons (Fsp3) is 0.381. The number of imidazole rings is 1. The summed E-state index contributed by atoms with van der Waals surface area (Å²) < 4.78 is 12.2. The fourth-order valence-electron chi connectivity index (χ4n) is 3.61. The third kappa shape index (κ3) is 3.52. The second kappa shape index (κ2) is 7.88. The summed E-state index contributed by atoms with van der Waals surface area (Å²) in [6.07, 6.45) is 3.57. The SMILES string of the molecule is COc1ccc(-c2nc3ccc(OC)nn3c2CC(=O)N2CCCCC2)cc1. The highest BCUT2D eigenvalue weighted by molar-refractivity contribution is 5.81. The van der Waals surface area contributed by atoms with Gasteiger partial charge >= 0.3 is 0 Å². The Kier molecular flexibility index (Phi) is 5.14. The van der Waals surface area contributed by atoms with Crippen LogP contribution in [0.2, 0.25) is 0 Å². The van der Waals surface area contributed by atoms with Crippen LogP contribution in [0.3, 0.4) is 0 Å².